The number of hydrogen-bond donors (Lipinski definition) is 0. The predicted molar refractivity (Wildman–Crippen MR) is 86.7 cm³/mol. The monoisotopic (exact) mass is 393 g/mol. The Morgan fingerprint density at radius 1 is 1.00 bits per heavy atom. The molecule has 1 heterocycles. The lowest BCUT2D eigenvalue weighted by Gasteiger charge is -2.29. The van der Waals surface area contributed by atoms with Crippen LogP contribution in [0.15, 0.2) is 51.4 Å². The van der Waals surface area contributed by atoms with Gasteiger partial charge >= 0.3 is 0 Å². The topological polar surface area (TPSA) is 20.3 Å². The van der Waals surface area contributed by atoms with E-state index in [4.69, 9.17) is 0 Å². The highest BCUT2D eigenvalue weighted by Crippen LogP contribution is 2.24. The smallest absolute Gasteiger partial charge is 0.254 e. The van der Waals surface area contributed by atoms with Crippen molar-refractivity contribution in [2.24, 2.45) is 0 Å². The fourth-order valence-electron chi connectivity index (χ4n) is 2.53. The fourth-order valence-corrected chi connectivity index (χ4v) is 3.82. The van der Waals surface area contributed by atoms with Crippen molar-refractivity contribution >= 4 is 37.8 Å². The van der Waals surface area contributed by atoms with Crippen LogP contribution in [0.25, 0.3) is 0 Å². The van der Waals surface area contributed by atoms with E-state index in [1.807, 2.05) is 29.2 Å². The predicted octanol–water partition coefficient (Wildman–Crippen LogP) is 4.41. The Morgan fingerprint density at radius 3 is 2.35 bits per heavy atom. The molecule has 0 saturated carbocycles. The first-order valence-electron chi connectivity index (χ1n) is 6.45. The van der Waals surface area contributed by atoms with Crippen LogP contribution < -0.4 is 0 Å². The second-order valence-corrected chi connectivity index (χ2v) is 6.73. The summed E-state index contributed by atoms with van der Waals surface area (Å²) in [4.78, 5) is 14.5. The molecule has 0 spiro atoms. The van der Waals surface area contributed by atoms with Crippen molar-refractivity contribution in [3.8, 4) is 0 Å². The maximum atomic E-state index is 12.6. The van der Waals surface area contributed by atoms with E-state index < -0.39 is 0 Å². The quantitative estimate of drug-likeness (QED) is 0.701. The zero-order chi connectivity index (χ0) is 14.1. The molecule has 2 aromatic carbocycles. The molecule has 0 radical (unpaired) electrons. The first kappa shape index (κ1) is 13.8. The van der Waals surface area contributed by atoms with Gasteiger partial charge < -0.3 is 4.90 Å². The first-order valence-corrected chi connectivity index (χ1v) is 8.04. The molecule has 0 unspecified atom stereocenters. The lowest BCUT2D eigenvalue weighted by atomic mass is 9.99. The van der Waals surface area contributed by atoms with E-state index >= 15 is 0 Å². The number of halogens is 2. The zero-order valence-electron chi connectivity index (χ0n) is 10.8. The Labute approximate surface area is 135 Å². The molecule has 0 saturated heterocycles. The van der Waals surface area contributed by atoms with Crippen LogP contribution in [0.5, 0.6) is 0 Å². The Balaban J connectivity index is 1.86. The highest BCUT2D eigenvalue weighted by molar-refractivity contribution is 9.11. The average Bonchev–Trinajstić information content (AvgIpc) is 2.45. The SMILES string of the molecule is O=C(c1cc(Br)cc(Br)c1)N1CCc2ccccc2C1. The summed E-state index contributed by atoms with van der Waals surface area (Å²) in [6.45, 7) is 1.47. The van der Waals surface area contributed by atoms with Crippen molar-refractivity contribution in [2.45, 2.75) is 13.0 Å². The summed E-state index contributed by atoms with van der Waals surface area (Å²) < 4.78 is 1.82. The van der Waals surface area contributed by atoms with E-state index in [9.17, 15) is 4.79 Å². The normalized spacial score (nSPS) is 14.0. The van der Waals surface area contributed by atoms with Crippen LogP contribution in [0.4, 0.5) is 0 Å². The molecule has 4 heteroatoms. The second kappa shape index (κ2) is 5.70. The van der Waals surface area contributed by atoms with Crippen molar-refractivity contribution in [3.05, 3.63) is 68.1 Å². The lowest BCUT2D eigenvalue weighted by molar-refractivity contribution is 0.0734. The van der Waals surface area contributed by atoms with Gasteiger partial charge in [0.05, 0.1) is 0 Å². The Hall–Kier alpha value is -1.13. The molecule has 0 aliphatic carbocycles. The van der Waals surface area contributed by atoms with Crippen molar-refractivity contribution < 1.29 is 4.79 Å². The number of hydrogen-bond acceptors (Lipinski definition) is 1. The van der Waals surface area contributed by atoms with Gasteiger partial charge in [-0.3, -0.25) is 4.79 Å². The molecule has 0 aromatic heterocycles. The Kier molecular flexibility index (Phi) is 3.94. The van der Waals surface area contributed by atoms with Crippen molar-refractivity contribution in [1.82, 2.24) is 4.90 Å². The summed E-state index contributed by atoms with van der Waals surface area (Å²) >= 11 is 6.86. The van der Waals surface area contributed by atoms with E-state index in [0.717, 1.165) is 21.9 Å². The van der Waals surface area contributed by atoms with Gasteiger partial charge in [0.2, 0.25) is 0 Å². The van der Waals surface area contributed by atoms with Crippen LogP contribution in [-0.4, -0.2) is 17.4 Å². The number of nitrogens with zero attached hydrogens (tertiary/aromatic N) is 1. The number of rotatable bonds is 1. The summed E-state index contributed by atoms with van der Waals surface area (Å²) in [5.74, 6) is 0.0847. The average molecular weight is 395 g/mol. The zero-order valence-corrected chi connectivity index (χ0v) is 13.9. The Bertz CT molecular complexity index is 649. The van der Waals surface area contributed by atoms with Crippen LogP contribution in [0.3, 0.4) is 0 Å². The summed E-state index contributed by atoms with van der Waals surface area (Å²) in [5, 5.41) is 0. The minimum Gasteiger partial charge on any atom is -0.334 e. The maximum Gasteiger partial charge on any atom is 0.254 e. The minimum atomic E-state index is 0.0847. The molecule has 3 rings (SSSR count). The van der Waals surface area contributed by atoms with E-state index in [1.54, 1.807) is 0 Å². The molecule has 20 heavy (non-hydrogen) atoms. The molecule has 0 bridgehead atoms. The van der Waals surface area contributed by atoms with Crippen LogP contribution in [0.2, 0.25) is 0 Å². The molecular formula is C16H13Br2NO. The van der Waals surface area contributed by atoms with Gasteiger partial charge in [-0.05, 0) is 35.7 Å². The molecule has 0 N–H and O–H groups in total. The molecule has 1 aliphatic rings. The van der Waals surface area contributed by atoms with Gasteiger partial charge in [-0.1, -0.05) is 56.1 Å². The summed E-state index contributed by atoms with van der Waals surface area (Å²) in [7, 11) is 0. The summed E-state index contributed by atoms with van der Waals surface area (Å²) in [6, 6.07) is 14.0. The minimum absolute atomic E-state index is 0.0847. The molecule has 2 aromatic rings. The lowest BCUT2D eigenvalue weighted by Crippen LogP contribution is -2.35. The second-order valence-electron chi connectivity index (χ2n) is 4.90. The fraction of sp³-hybridized carbons (Fsp3) is 0.188. The van der Waals surface area contributed by atoms with Crippen molar-refractivity contribution in [1.29, 1.82) is 0 Å². The van der Waals surface area contributed by atoms with E-state index in [1.165, 1.54) is 11.1 Å². The van der Waals surface area contributed by atoms with E-state index in [2.05, 4.69) is 50.1 Å². The maximum absolute atomic E-state index is 12.6. The molecule has 1 aliphatic heterocycles. The molecule has 2 nitrogen and oxygen atoms in total. The Morgan fingerprint density at radius 2 is 1.65 bits per heavy atom. The highest BCUT2D eigenvalue weighted by atomic mass is 79.9. The summed E-state index contributed by atoms with van der Waals surface area (Å²) in [6.07, 6.45) is 0.928. The molecule has 0 atom stereocenters. The van der Waals surface area contributed by atoms with Gasteiger partial charge in [-0.25, -0.2) is 0 Å². The number of carbonyl (C=O) groups excluding carboxylic acids is 1. The van der Waals surface area contributed by atoms with Gasteiger partial charge in [-0.15, -0.1) is 0 Å². The van der Waals surface area contributed by atoms with Gasteiger partial charge in [0, 0.05) is 27.6 Å². The third-order valence-electron chi connectivity index (χ3n) is 3.53. The number of benzene rings is 2. The number of fused-ring (bicyclic) bond motifs is 1. The highest BCUT2D eigenvalue weighted by Gasteiger charge is 2.21. The van der Waals surface area contributed by atoms with Gasteiger partial charge in [0.1, 0.15) is 0 Å². The van der Waals surface area contributed by atoms with Crippen LogP contribution in [-0.2, 0) is 13.0 Å². The van der Waals surface area contributed by atoms with Gasteiger partial charge in [0.15, 0.2) is 0 Å². The first-order chi connectivity index (χ1) is 9.63. The van der Waals surface area contributed by atoms with E-state index in [0.29, 0.717) is 12.1 Å². The summed E-state index contributed by atoms with van der Waals surface area (Å²) in [5.41, 5.74) is 3.32. The number of carbonyl (C=O) groups is 1. The van der Waals surface area contributed by atoms with Crippen LogP contribution in [0.1, 0.15) is 21.5 Å². The van der Waals surface area contributed by atoms with Crippen molar-refractivity contribution in [2.75, 3.05) is 6.54 Å². The van der Waals surface area contributed by atoms with Gasteiger partial charge in [0.25, 0.3) is 5.91 Å². The van der Waals surface area contributed by atoms with Crippen LogP contribution in [0, 0.1) is 0 Å². The third kappa shape index (κ3) is 2.81. The largest absolute Gasteiger partial charge is 0.334 e. The van der Waals surface area contributed by atoms with Crippen molar-refractivity contribution in [3.63, 3.8) is 0 Å². The molecule has 1 amide bonds. The van der Waals surface area contributed by atoms with Crippen LogP contribution >= 0.6 is 31.9 Å². The van der Waals surface area contributed by atoms with E-state index in [-0.39, 0.29) is 5.91 Å². The third-order valence-corrected chi connectivity index (χ3v) is 4.44. The van der Waals surface area contributed by atoms with Gasteiger partial charge in [-0.2, -0.15) is 0 Å². The molecule has 0 fully saturated rings. The molecular weight excluding hydrogens is 382 g/mol. The standard InChI is InChI=1S/C16H13Br2NO/c17-14-7-13(8-15(18)9-14)16(20)19-6-5-11-3-1-2-4-12(11)10-19/h1-4,7-9H,5-6,10H2. The molecule has 102 valence electrons. The number of amides is 1.